The zero-order valence-electron chi connectivity index (χ0n) is 25.3. The molecule has 240 valence electrons. The average molecular weight is 641 g/mol. The number of thiol groups is 1. The monoisotopic (exact) mass is 640 g/mol. The number of alkyl carbamates (subject to hydrolysis) is 1. The van der Waals surface area contributed by atoms with Crippen molar-refractivity contribution in [3.63, 3.8) is 0 Å². The molecule has 13 heteroatoms. The van der Waals surface area contributed by atoms with E-state index in [2.05, 4.69) is 33.9 Å². The topological polar surface area (TPSA) is 163 Å². The lowest BCUT2D eigenvalue weighted by Crippen LogP contribution is -2.58. The van der Waals surface area contributed by atoms with Gasteiger partial charge in [0.15, 0.2) is 0 Å². The molecule has 4 amide bonds. The number of rotatable bonds is 16. The van der Waals surface area contributed by atoms with Crippen molar-refractivity contribution in [1.29, 1.82) is 0 Å². The minimum Gasteiger partial charge on any atom is -0.478 e. The summed E-state index contributed by atoms with van der Waals surface area (Å²) in [6, 6.07) is 1.52. The minimum absolute atomic E-state index is 0.0109. The van der Waals surface area contributed by atoms with E-state index in [1.807, 2.05) is 13.8 Å². The molecule has 0 aliphatic heterocycles. The second-order valence-corrected chi connectivity index (χ2v) is 12.5. The van der Waals surface area contributed by atoms with Gasteiger partial charge < -0.3 is 31.1 Å². The highest BCUT2D eigenvalue weighted by atomic mass is 35.5. The fourth-order valence-corrected chi connectivity index (χ4v) is 5.36. The van der Waals surface area contributed by atoms with E-state index >= 15 is 0 Å². The van der Waals surface area contributed by atoms with Gasteiger partial charge in [0.25, 0.3) is 0 Å². The first-order valence-electron chi connectivity index (χ1n) is 14.8. The van der Waals surface area contributed by atoms with Gasteiger partial charge in [-0.2, -0.15) is 12.6 Å². The quantitative estimate of drug-likeness (QED) is 0.150. The van der Waals surface area contributed by atoms with E-state index < -0.39 is 47.9 Å². The summed E-state index contributed by atoms with van der Waals surface area (Å²) in [5.41, 5.74) is 0.724. The van der Waals surface area contributed by atoms with Gasteiger partial charge in [-0.15, -0.1) is 0 Å². The molecule has 43 heavy (non-hydrogen) atoms. The first-order valence-corrected chi connectivity index (χ1v) is 15.8. The summed E-state index contributed by atoms with van der Waals surface area (Å²) < 4.78 is 5.36. The van der Waals surface area contributed by atoms with E-state index in [0.717, 1.165) is 25.7 Å². The van der Waals surface area contributed by atoms with Crippen LogP contribution >= 0.6 is 24.2 Å². The minimum atomic E-state index is -1.09. The van der Waals surface area contributed by atoms with Crippen LogP contribution in [0.5, 0.6) is 0 Å². The molecule has 0 unspecified atom stereocenters. The number of amides is 4. The highest BCUT2D eigenvalue weighted by molar-refractivity contribution is 7.80. The van der Waals surface area contributed by atoms with Gasteiger partial charge in [-0.05, 0) is 61.1 Å². The van der Waals surface area contributed by atoms with Crippen LogP contribution < -0.4 is 21.3 Å². The highest BCUT2D eigenvalue weighted by Gasteiger charge is 2.31. The molecule has 0 aromatic heterocycles. The van der Waals surface area contributed by atoms with Gasteiger partial charge in [0.1, 0.15) is 18.1 Å². The Hall–Kier alpha value is -2.99. The normalized spacial score (nSPS) is 15.4. The van der Waals surface area contributed by atoms with E-state index in [-0.39, 0.29) is 34.7 Å². The smallest absolute Gasteiger partial charge is 0.407 e. The predicted molar refractivity (Wildman–Crippen MR) is 167 cm³/mol. The van der Waals surface area contributed by atoms with Crippen molar-refractivity contribution in [2.75, 3.05) is 18.9 Å². The van der Waals surface area contributed by atoms with E-state index in [0.29, 0.717) is 30.9 Å². The summed E-state index contributed by atoms with van der Waals surface area (Å²) in [5.74, 6) is -2.50. The Labute approximate surface area is 264 Å². The van der Waals surface area contributed by atoms with Crippen molar-refractivity contribution >= 4 is 54.0 Å². The van der Waals surface area contributed by atoms with Crippen LogP contribution in [0.4, 0.5) is 4.79 Å². The van der Waals surface area contributed by atoms with Gasteiger partial charge >= 0.3 is 12.1 Å². The summed E-state index contributed by atoms with van der Waals surface area (Å²) in [4.78, 5) is 62.9. The van der Waals surface area contributed by atoms with Crippen LogP contribution in [0, 0.1) is 17.8 Å². The van der Waals surface area contributed by atoms with Gasteiger partial charge in [-0.3, -0.25) is 14.4 Å². The standard InChI is InChI=1S/C30H45ClN4O7S/c1-17(2)13-23(33-28(38)25(18(3)4)35-30(41)42-15-19-7-5-6-8-19)27(37)34-24(16-43)26(36)32-12-11-20-9-10-21(29(39)40)14-22(20)31/h9-10,14,17-19,23-25,43H,5-8,11-13,15-16H2,1-4H3,(H,32,36)(H,33,38)(H,34,37)(H,35,41)(H,39,40)/t23-,24-,25-/m0/s1. The van der Waals surface area contributed by atoms with Crippen molar-refractivity contribution in [1.82, 2.24) is 21.3 Å². The van der Waals surface area contributed by atoms with Crippen LogP contribution in [-0.4, -0.2) is 71.9 Å². The number of ether oxygens (including phenoxy) is 1. The Morgan fingerprint density at radius 2 is 1.63 bits per heavy atom. The van der Waals surface area contributed by atoms with Crippen LogP contribution in [0.1, 0.15) is 75.7 Å². The summed E-state index contributed by atoms with van der Waals surface area (Å²) in [5, 5.41) is 20.1. The zero-order chi connectivity index (χ0) is 32.1. The Bertz CT molecular complexity index is 1130. The molecular formula is C30H45ClN4O7S. The molecule has 1 aliphatic rings. The van der Waals surface area contributed by atoms with Crippen molar-refractivity contribution in [3.8, 4) is 0 Å². The Kier molecular flexibility index (Phi) is 15.1. The number of carboxylic acid groups (broad SMARTS) is 1. The predicted octanol–water partition coefficient (Wildman–Crippen LogP) is 3.58. The highest BCUT2D eigenvalue weighted by Crippen LogP contribution is 2.24. The molecule has 2 rings (SSSR count). The van der Waals surface area contributed by atoms with Gasteiger partial charge in [0.2, 0.25) is 17.7 Å². The number of halogens is 1. The molecule has 0 bridgehead atoms. The molecule has 1 aromatic carbocycles. The largest absolute Gasteiger partial charge is 0.478 e. The van der Waals surface area contributed by atoms with Crippen molar-refractivity contribution in [2.45, 2.75) is 84.3 Å². The fraction of sp³-hybridized carbons (Fsp3) is 0.633. The second-order valence-electron chi connectivity index (χ2n) is 11.7. The van der Waals surface area contributed by atoms with Crippen LogP contribution in [0.25, 0.3) is 0 Å². The van der Waals surface area contributed by atoms with Crippen LogP contribution in [-0.2, 0) is 25.5 Å². The lowest BCUT2D eigenvalue weighted by atomic mass is 10.00. The lowest BCUT2D eigenvalue weighted by molar-refractivity contribution is -0.133. The molecule has 0 radical (unpaired) electrons. The molecule has 11 nitrogen and oxygen atoms in total. The third-order valence-electron chi connectivity index (χ3n) is 7.30. The molecule has 0 heterocycles. The number of nitrogens with one attached hydrogen (secondary N) is 4. The maximum atomic E-state index is 13.3. The molecule has 1 fully saturated rings. The second kappa shape index (κ2) is 18.0. The molecule has 0 spiro atoms. The van der Waals surface area contributed by atoms with Crippen LogP contribution in [0.15, 0.2) is 18.2 Å². The number of aromatic carboxylic acids is 1. The fourth-order valence-electron chi connectivity index (χ4n) is 4.83. The van der Waals surface area contributed by atoms with Crippen molar-refractivity contribution in [2.24, 2.45) is 17.8 Å². The maximum Gasteiger partial charge on any atom is 0.407 e. The maximum absolute atomic E-state index is 13.3. The Balaban J connectivity index is 1.96. The third-order valence-corrected chi connectivity index (χ3v) is 8.01. The summed E-state index contributed by atoms with van der Waals surface area (Å²) in [7, 11) is 0. The van der Waals surface area contributed by atoms with Crippen LogP contribution in [0.2, 0.25) is 5.02 Å². The van der Waals surface area contributed by atoms with Gasteiger partial charge in [-0.25, -0.2) is 9.59 Å². The summed E-state index contributed by atoms with van der Waals surface area (Å²) in [6.45, 7) is 7.88. The number of carboxylic acids is 1. The van der Waals surface area contributed by atoms with Gasteiger partial charge in [-0.1, -0.05) is 58.2 Å². The lowest BCUT2D eigenvalue weighted by Gasteiger charge is -2.27. The Morgan fingerprint density at radius 1 is 0.977 bits per heavy atom. The SMILES string of the molecule is CC(C)C[C@H](NC(=O)[C@@H](NC(=O)OCC1CCCC1)C(C)C)C(=O)N[C@@H](CS)C(=O)NCCc1ccc(C(=O)O)cc1Cl. The molecule has 1 aromatic rings. The number of hydrogen-bond donors (Lipinski definition) is 6. The summed E-state index contributed by atoms with van der Waals surface area (Å²) in [6.07, 6.45) is 4.28. The van der Waals surface area contributed by atoms with E-state index in [1.165, 1.54) is 12.1 Å². The first-order chi connectivity index (χ1) is 20.3. The first kappa shape index (κ1) is 36.2. The Morgan fingerprint density at radius 3 is 2.19 bits per heavy atom. The summed E-state index contributed by atoms with van der Waals surface area (Å²) >= 11 is 10.4. The number of carbonyl (C=O) groups is 5. The van der Waals surface area contributed by atoms with E-state index in [1.54, 1.807) is 19.9 Å². The molecular weight excluding hydrogens is 596 g/mol. The third kappa shape index (κ3) is 12.3. The molecule has 1 saturated carbocycles. The molecule has 5 N–H and O–H groups in total. The molecule has 3 atom stereocenters. The van der Waals surface area contributed by atoms with Crippen molar-refractivity contribution < 1.29 is 33.8 Å². The zero-order valence-corrected chi connectivity index (χ0v) is 26.9. The van der Waals surface area contributed by atoms with Crippen LogP contribution in [0.3, 0.4) is 0 Å². The van der Waals surface area contributed by atoms with E-state index in [4.69, 9.17) is 21.4 Å². The number of benzene rings is 1. The van der Waals surface area contributed by atoms with Gasteiger partial charge in [0, 0.05) is 17.3 Å². The molecule has 1 aliphatic carbocycles. The average Bonchev–Trinajstić information content (AvgIpc) is 3.47. The molecule has 0 saturated heterocycles. The van der Waals surface area contributed by atoms with Crippen molar-refractivity contribution in [3.05, 3.63) is 34.3 Å². The number of carbonyl (C=O) groups excluding carboxylic acids is 4. The number of hydrogen-bond acceptors (Lipinski definition) is 7. The van der Waals surface area contributed by atoms with Gasteiger partial charge in [0.05, 0.1) is 12.2 Å². The van der Waals surface area contributed by atoms with E-state index in [9.17, 15) is 24.0 Å².